The molecule has 1 aliphatic heterocycles. The molecule has 0 saturated carbocycles. The summed E-state index contributed by atoms with van der Waals surface area (Å²) in [5.74, 6) is 0.889. The Balaban J connectivity index is 2.27. The Labute approximate surface area is 100 Å². The second kappa shape index (κ2) is 4.22. The molecule has 0 fully saturated rings. The smallest absolute Gasteiger partial charge is 0.125 e. The van der Waals surface area contributed by atoms with Gasteiger partial charge < -0.3 is 9.47 Å². The summed E-state index contributed by atoms with van der Waals surface area (Å²) in [5, 5.41) is 2.41. The molecule has 1 atom stereocenters. The molecule has 0 aromatic heterocycles. The van der Waals surface area contributed by atoms with Gasteiger partial charge in [0.1, 0.15) is 11.9 Å². The third-order valence-corrected chi connectivity index (χ3v) is 3.12. The zero-order chi connectivity index (χ0) is 11.7. The van der Waals surface area contributed by atoms with Gasteiger partial charge in [-0.25, -0.2) is 0 Å². The molecule has 86 valence electrons. The minimum Gasteiger partial charge on any atom is -0.496 e. The van der Waals surface area contributed by atoms with Crippen LogP contribution in [0.25, 0.3) is 10.8 Å². The second-order valence-electron chi connectivity index (χ2n) is 4.08. The Morgan fingerprint density at radius 1 is 1.18 bits per heavy atom. The third kappa shape index (κ3) is 1.71. The van der Waals surface area contributed by atoms with Crippen LogP contribution in [0.1, 0.15) is 11.7 Å². The number of ether oxygens (including phenoxy) is 2. The summed E-state index contributed by atoms with van der Waals surface area (Å²) in [6, 6.07) is 12.4. The van der Waals surface area contributed by atoms with E-state index < -0.39 is 0 Å². The van der Waals surface area contributed by atoms with Crippen molar-refractivity contribution in [3.63, 3.8) is 0 Å². The van der Waals surface area contributed by atoms with Crippen LogP contribution in [0, 0.1) is 0 Å². The van der Waals surface area contributed by atoms with E-state index in [4.69, 9.17) is 9.47 Å². The van der Waals surface area contributed by atoms with Crippen LogP contribution in [0.2, 0.25) is 0 Å². The number of rotatable bonds is 2. The molecule has 0 saturated heterocycles. The van der Waals surface area contributed by atoms with Crippen molar-refractivity contribution < 1.29 is 9.47 Å². The van der Waals surface area contributed by atoms with Gasteiger partial charge in [-0.1, -0.05) is 42.5 Å². The summed E-state index contributed by atoms with van der Waals surface area (Å²) in [7, 11) is 1.70. The Hall–Kier alpha value is -1.80. The first-order chi connectivity index (χ1) is 8.40. The lowest BCUT2D eigenvalue weighted by molar-refractivity contribution is 0.128. The van der Waals surface area contributed by atoms with Gasteiger partial charge in [-0.15, -0.1) is 0 Å². The lowest BCUT2D eigenvalue weighted by Gasteiger charge is -2.16. The van der Waals surface area contributed by atoms with Gasteiger partial charge in [-0.2, -0.15) is 0 Å². The molecule has 17 heavy (non-hydrogen) atoms. The summed E-state index contributed by atoms with van der Waals surface area (Å²) in [5.41, 5.74) is 1.12. The van der Waals surface area contributed by atoms with Crippen LogP contribution < -0.4 is 4.74 Å². The molecule has 3 rings (SSSR count). The third-order valence-electron chi connectivity index (χ3n) is 3.12. The highest BCUT2D eigenvalue weighted by molar-refractivity contribution is 5.88. The Kier molecular flexibility index (Phi) is 2.57. The van der Waals surface area contributed by atoms with Crippen molar-refractivity contribution >= 4 is 10.8 Å². The van der Waals surface area contributed by atoms with Crippen molar-refractivity contribution in [1.29, 1.82) is 0 Å². The normalized spacial score (nSPS) is 18.8. The molecule has 0 aliphatic carbocycles. The summed E-state index contributed by atoms with van der Waals surface area (Å²) in [4.78, 5) is 0. The zero-order valence-corrected chi connectivity index (χ0v) is 9.72. The highest BCUT2D eigenvalue weighted by Crippen LogP contribution is 2.36. The van der Waals surface area contributed by atoms with Crippen molar-refractivity contribution in [1.82, 2.24) is 0 Å². The van der Waals surface area contributed by atoms with Gasteiger partial charge in [0.15, 0.2) is 0 Å². The molecule has 0 spiro atoms. The monoisotopic (exact) mass is 226 g/mol. The van der Waals surface area contributed by atoms with E-state index in [1.165, 1.54) is 10.8 Å². The van der Waals surface area contributed by atoms with Crippen molar-refractivity contribution in [3.05, 3.63) is 54.1 Å². The SMILES string of the molecule is COc1ccc2ccccc2c1C1C=CCO1. The largest absolute Gasteiger partial charge is 0.496 e. The van der Waals surface area contributed by atoms with Gasteiger partial charge in [0.05, 0.1) is 13.7 Å². The van der Waals surface area contributed by atoms with E-state index >= 15 is 0 Å². The van der Waals surface area contributed by atoms with Gasteiger partial charge in [-0.3, -0.25) is 0 Å². The molecule has 0 N–H and O–H groups in total. The maximum absolute atomic E-state index is 5.70. The summed E-state index contributed by atoms with van der Waals surface area (Å²) < 4.78 is 11.2. The highest BCUT2D eigenvalue weighted by atomic mass is 16.5. The van der Waals surface area contributed by atoms with Crippen LogP contribution in [-0.4, -0.2) is 13.7 Å². The van der Waals surface area contributed by atoms with Gasteiger partial charge in [-0.05, 0) is 16.8 Å². The van der Waals surface area contributed by atoms with Gasteiger partial charge >= 0.3 is 0 Å². The second-order valence-corrected chi connectivity index (χ2v) is 4.08. The average molecular weight is 226 g/mol. The van der Waals surface area contributed by atoms with E-state index in [0.29, 0.717) is 6.61 Å². The lowest BCUT2D eigenvalue weighted by Crippen LogP contribution is -2.00. The molecule has 1 heterocycles. The standard InChI is InChI=1S/C15H14O2/c1-16-13-9-8-11-5-2-3-6-12(11)15(13)14-7-4-10-17-14/h2-9,14H,10H2,1H3. The van der Waals surface area contributed by atoms with Gasteiger partial charge in [0.2, 0.25) is 0 Å². The molecule has 0 radical (unpaired) electrons. The molecule has 2 heteroatoms. The quantitative estimate of drug-likeness (QED) is 0.730. The molecule has 2 nitrogen and oxygen atoms in total. The van der Waals surface area contributed by atoms with Crippen molar-refractivity contribution in [2.24, 2.45) is 0 Å². The fraction of sp³-hybridized carbons (Fsp3) is 0.200. The van der Waals surface area contributed by atoms with Crippen LogP contribution in [0.15, 0.2) is 48.6 Å². The maximum atomic E-state index is 5.70. The molecular formula is C15H14O2. The predicted molar refractivity (Wildman–Crippen MR) is 68.3 cm³/mol. The van der Waals surface area contributed by atoms with Gasteiger partial charge in [0, 0.05) is 5.56 Å². The minimum absolute atomic E-state index is 0.0102. The first-order valence-electron chi connectivity index (χ1n) is 5.74. The molecule has 2 aromatic rings. The van der Waals surface area contributed by atoms with E-state index in [1.807, 2.05) is 24.3 Å². The number of hydrogen-bond donors (Lipinski definition) is 0. The Morgan fingerprint density at radius 2 is 2.06 bits per heavy atom. The number of methoxy groups -OCH3 is 1. The van der Waals surface area contributed by atoms with Crippen LogP contribution >= 0.6 is 0 Å². The molecule has 2 aromatic carbocycles. The molecule has 0 amide bonds. The number of fused-ring (bicyclic) bond motifs is 1. The summed E-state index contributed by atoms with van der Waals surface area (Å²) >= 11 is 0. The lowest BCUT2D eigenvalue weighted by atomic mass is 9.99. The number of hydrogen-bond acceptors (Lipinski definition) is 2. The molecular weight excluding hydrogens is 212 g/mol. The number of benzene rings is 2. The van der Waals surface area contributed by atoms with E-state index in [2.05, 4.69) is 24.3 Å². The van der Waals surface area contributed by atoms with Crippen LogP contribution in [-0.2, 0) is 4.74 Å². The first kappa shape index (κ1) is 10.4. The maximum Gasteiger partial charge on any atom is 0.125 e. The minimum atomic E-state index is 0.0102. The topological polar surface area (TPSA) is 18.5 Å². The van der Waals surface area contributed by atoms with E-state index in [0.717, 1.165) is 11.3 Å². The molecule has 0 bridgehead atoms. The predicted octanol–water partition coefficient (Wildman–Crippen LogP) is 3.48. The van der Waals surface area contributed by atoms with Crippen molar-refractivity contribution in [2.45, 2.75) is 6.10 Å². The van der Waals surface area contributed by atoms with Crippen LogP contribution in [0.5, 0.6) is 5.75 Å². The summed E-state index contributed by atoms with van der Waals surface area (Å²) in [6.45, 7) is 0.678. The highest BCUT2D eigenvalue weighted by Gasteiger charge is 2.19. The van der Waals surface area contributed by atoms with Crippen LogP contribution in [0.4, 0.5) is 0 Å². The first-order valence-corrected chi connectivity index (χ1v) is 5.74. The zero-order valence-electron chi connectivity index (χ0n) is 9.72. The van der Waals surface area contributed by atoms with E-state index in [-0.39, 0.29) is 6.10 Å². The average Bonchev–Trinajstić information content (AvgIpc) is 2.91. The molecule has 1 unspecified atom stereocenters. The molecule has 1 aliphatic rings. The van der Waals surface area contributed by atoms with Gasteiger partial charge in [0.25, 0.3) is 0 Å². The van der Waals surface area contributed by atoms with Crippen molar-refractivity contribution in [3.8, 4) is 5.75 Å². The van der Waals surface area contributed by atoms with Crippen LogP contribution in [0.3, 0.4) is 0 Å². The van der Waals surface area contributed by atoms with E-state index in [9.17, 15) is 0 Å². The van der Waals surface area contributed by atoms with Crippen molar-refractivity contribution in [2.75, 3.05) is 13.7 Å². The fourth-order valence-corrected chi connectivity index (χ4v) is 2.32. The van der Waals surface area contributed by atoms with E-state index in [1.54, 1.807) is 7.11 Å². The fourth-order valence-electron chi connectivity index (χ4n) is 2.32. The summed E-state index contributed by atoms with van der Waals surface area (Å²) in [6.07, 6.45) is 4.15. The Morgan fingerprint density at radius 3 is 2.82 bits per heavy atom. The Bertz CT molecular complexity index is 572.